The summed E-state index contributed by atoms with van der Waals surface area (Å²) in [5.74, 6) is 0. The molecule has 1 aliphatic carbocycles. The second-order valence-electron chi connectivity index (χ2n) is 4.33. The van der Waals surface area contributed by atoms with Crippen LogP contribution in [0.1, 0.15) is 44.9 Å². The summed E-state index contributed by atoms with van der Waals surface area (Å²) >= 11 is 0. The van der Waals surface area contributed by atoms with Gasteiger partial charge < -0.3 is 16.2 Å². The molecule has 1 atom stereocenters. The van der Waals surface area contributed by atoms with E-state index in [0.29, 0.717) is 25.6 Å². The zero-order chi connectivity index (χ0) is 10.2. The molecule has 1 aliphatic rings. The molecule has 3 heteroatoms. The first-order valence-corrected chi connectivity index (χ1v) is 5.94. The fourth-order valence-corrected chi connectivity index (χ4v) is 2.08. The lowest BCUT2D eigenvalue weighted by molar-refractivity contribution is 0.158. The summed E-state index contributed by atoms with van der Waals surface area (Å²) < 4.78 is 0. The van der Waals surface area contributed by atoms with Crippen molar-refractivity contribution in [1.82, 2.24) is 5.32 Å². The fraction of sp³-hybridized carbons (Fsp3) is 1.00. The maximum Gasteiger partial charge on any atom is 0.0676 e. The van der Waals surface area contributed by atoms with Gasteiger partial charge in [0, 0.05) is 12.6 Å². The summed E-state index contributed by atoms with van der Waals surface area (Å²) in [7, 11) is 0. The molecule has 0 saturated heterocycles. The number of hydrogen-bond donors (Lipinski definition) is 3. The molecule has 0 bridgehead atoms. The van der Waals surface area contributed by atoms with Crippen LogP contribution in [0.5, 0.6) is 0 Å². The van der Waals surface area contributed by atoms with Crippen molar-refractivity contribution in [2.75, 3.05) is 13.1 Å². The maximum atomic E-state index is 9.51. The Balaban J connectivity index is 2.09. The van der Waals surface area contributed by atoms with Crippen LogP contribution in [0.15, 0.2) is 0 Å². The van der Waals surface area contributed by atoms with Crippen LogP contribution in [0.2, 0.25) is 0 Å². The minimum absolute atomic E-state index is 0.261. The molecular formula is C11H24N2O. The Hall–Kier alpha value is -0.120. The Bertz CT molecular complexity index is 133. The van der Waals surface area contributed by atoms with Crippen molar-refractivity contribution in [2.24, 2.45) is 5.73 Å². The van der Waals surface area contributed by atoms with E-state index in [1.165, 1.54) is 38.5 Å². The second-order valence-corrected chi connectivity index (χ2v) is 4.33. The fourth-order valence-electron chi connectivity index (χ4n) is 2.08. The van der Waals surface area contributed by atoms with Crippen LogP contribution in [0.25, 0.3) is 0 Å². The lowest BCUT2D eigenvalue weighted by atomic mass is 10.1. The van der Waals surface area contributed by atoms with Gasteiger partial charge >= 0.3 is 0 Å². The quantitative estimate of drug-likeness (QED) is 0.580. The predicted octanol–water partition coefficient (Wildman–Crippen LogP) is 1.01. The van der Waals surface area contributed by atoms with Crippen LogP contribution in [0.3, 0.4) is 0 Å². The summed E-state index contributed by atoms with van der Waals surface area (Å²) in [6.45, 7) is 1.29. The third-order valence-corrected chi connectivity index (χ3v) is 3.00. The Morgan fingerprint density at radius 1 is 1.21 bits per heavy atom. The highest BCUT2D eigenvalue weighted by atomic mass is 16.3. The molecule has 4 N–H and O–H groups in total. The summed E-state index contributed by atoms with van der Waals surface area (Å²) in [4.78, 5) is 0. The van der Waals surface area contributed by atoms with Crippen molar-refractivity contribution in [2.45, 2.75) is 57.1 Å². The minimum atomic E-state index is -0.261. The molecule has 0 radical (unpaired) electrons. The number of nitrogens with one attached hydrogen (secondary N) is 1. The van der Waals surface area contributed by atoms with Crippen LogP contribution >= 0.6 is 0 Å². The summed E-state index contributed by atoms with van der Waals surface area (Å²) in [6.07, 6.45) is 8.43. The van der Waals surface area contributed by atoms with E-state index in [1.807, 2.05) is 0 Å². The second kappa shape index (κ2) is 7.21. The molecule has 84 valence electrons. The largest absolute Gasteiger partial charge is 0.392 e. The SMILES string of the molecule is NCCC(O)CNC1CCCCCC1. The molecule has 0 spiro atoms. The summed E-state index contributed by atoms with van der Waals surface area (Å²) in [5.41, 5.74) is 5.38. The van der Waals surface area contributed by atoms with Crippen LogP contribution < -0.4 is 11.1 Å². The molecule has 0 amide bonds. The van der Waals surface area contributed by atoms with Crippen molar-refractivity contribution in [1.29, 1.82) is 0 Å². The van der Waals surface area contributed by atoms with Gasteiger partial charge in [0.05, 0.1) is 6.10 Å². The van der Waals surface area contributed by atoms with Gasteiger partial charge in [0.1, 0.15) is 0 Å². The Morgan fingerprint density at radius 2 is 1.86 bits per heavy atom. The van der Waals surface area contributed by atoms with Gasteiger partial charge in [0.25, 0.3) is 0 Å². The smallest absolute Gasteiger partial charge is 0.0676 e. The van der Waals surface area contributed by atoms with E-state index < -0.39 is 0 Å². The maximum absolute atomic E-state index is 9.51. The van der Waals surface area contributed by atoms with Crippen molar-refractivity contribution >= 4 is 0 Å². The summed E-state index contributed by atoms with van der Waals surface area (Å²) in [6, 6.07) is 0.630. The molecule has 0 aromatic carbocycles. The van der Waals surface area contributed by atoms with Gasteiger partial charge in [-0.05, 0) is 25.8 Å². The lowest BCUT2D eigenvalue weighted by Crippen LogP contribution is -2.36. The molecule has 0 aromatic heterocycles. The van der Waals surface area contributed by atoms with Gasteiger partial charge in [-0.2, -0.15) is 0 Å². The van der Waals surface area contributed by atoms with E-state index in [1.54, 1.807) is 0 Å². The molecule has 0 heterocycles. The van der Waals surface area contributed by atoms with Gasteiger partial charge in [-0.15, -0.1) is 0 Å². The number of rotatable bonds is 5. The third-order valence-electron chi connectivity index (χ3n) is 3.00. The standard InChI is InChI=1S/C11H24N2O/c12-8-7-11(14)9-13-10-5-3-1-2-4-6-10/h10-11,13-14H,1-9,12H2. The Kier molecular flexibility index (Phi) is 6.15. The van der Waals surface area contributed by atoms with E-state index in [2.05, 4.69) is 5.32 Å². The minimum Gasteiger partial charge on any atom is -0.392 e. The number of hydrogen-bond acceptors (Lipinski definition) is 3. The number of aliphatic hydroxyl groups excluding tert-OH is 1. The van der Waals surface area contributed by atoms with Crippen molar-refractivity contribution in [3.63, 3.8) is 0 Å². The van der Waals surface area contributed by atoms with Gasteiger partial charge in [0.2, 0.25) is 0 Å². The zero-order valence-electron chi connectivity index (χ0n) is 9.04. The van der Waals surface area contributed by atoms with Crippen LogP contribution in [-0.4, -0.2) is 30.3 Å². The van der Waals surface area contributed by atoms with E-state index in [4.69, 9.17) is 5.73 Å². The van der Waals surface area contributed by atoms with Crippen LogP contribution in [0, 0.1) is 0 Å². The average Bonchev–Trinajstić information content (AvgIpc) is 2.43. The Morgan fingerprint density at radius 3 is 2.43 bits per heavy atom. The van der Waals surface area contributed by atoms with Gasteiger partial charge in [-0.25, -0.2) is 0 Å². The first-order chi connectivity index (χ1) is 6.83. The molecule has 1 saturated carbocycles. The Labute approximate surface area is 87.1 Å². The van der Waals surface area contributed by atoms with Gasteiger partial charge in [0.15, 0.2) is 0 Å². The molecule has 14 heavy (non-hydrogen) atoms. The first-order valence-electron chi connectivity index (χ1n) is 5.94. The average molecular weight is 200 g/mol. The molecule has 1 fully saturated rings. The van der Waals surface area contributed by atoms with Gasteiger partial charge in [-0.1, -0.05) is 25.7 Å². The highest BCUT2D eigenvalue weighted by molar-refractivity contribution is 4.72. The topological polar surface area (TPSA) is 58.3 Å². The molecular weight excluding hydrogens is 176 g/mol. The normalized spacial score (nSPS) is 21.9. The highest BCUT2D eigenvalue weighted by Gasteiger charge is 2.12. The van der Waals surface area contributed by atoms with Gasteiger partial charge in [-0.3, -0.25) is 0 Å². The lowest BCUT2D eigenvalue weighted by Gasteiger charge is -2.18. The van der Waals surface area contributed by atoms with Crippen molar-refractivity contribution in [3.8, 4) is 0 Å². The zero-order valence-corrected chi connectivity index (χ0v) is 9.04. The van der Waals surface area contributed by atoms with E-state index >= 15 is 0 Å². The third kappa shape index (κ3) is 4.94. The molecule has 0 aromatic rings. The summed E-state index contributed by atoms with van der Waals surface area (Å²) in [5, 5.41) is 12.9. The highest BCUT2D eigenvalue weighted by Crippen LogP contribution is 2.17. The van der Waals surface area contributed by atoms with Crippen molar-refractivity contribution in [3.05, 3.63) is 0 Å². The van der Waals surface area contributed by atoms with E-state index in [0.717, 1.165) is 0 Å². The van der Waals surface area contributed by atoms with Crippen LogP contribution in [0.4, 0.5) is 0 Å². The van der Waals surface area contributed by atoms with E-state index in [9.17, 15) is 5.11 Å². The van der Waals surface area contributed by atoms with Crippen LogP contribution in [-0.2, 0) is 0 Å². The molecule has 0 aliphatic heterocycles. The molecule has 3 nitrogen and oxygen atoms in total. The monoisotopic (exact) mass is 200 g/mol. The number of nitrogens with two attached hydrogens (primary N) is 1. The predicted molar refractivity (Wildman–Crippen MR) is 59.2 cm³/mol. The molecule has 1 rings (SSSR count). The van der Waals surface area contributed by atoms with E-state index in [-0.39, 0.29) is 6.10 Å². The first kappa shape index (κ1) is 12.0. The number of aliphatic hydroxyl groups is 1. The van der Waals surface area contributed by atoms with Crippen molar-refractivity contribution < 1.29 is 5.11 Å². The molecule has 1 unspecified atom stereocenters.